The SMILES string of the molecule is CCc1ccc(S(=O)(=O)N2CCCSCC2CN2CCCC2)s1. The molecule has 4 nitrogen and oxygen atoms in total. The van der Waals surface area contributed by atoms with Crippen LogP contribution in [0, 0.1) is 0 Å². The van der Waals surface area contributed by atoms with E-state index in [2.05, 4.69) is 11.8 Å². The highest BCUT2D eigenvalue weighted by Crippen LogP contribution is 2.29. The third-order valence-corrected chi connectivity index (χ3v) is 9.45. The molecule has 2 fully saturated rings. The number of thiophene rings is 1. The average molecular weight is 375 g/mol. The number of sulfonamides is 1. The summed E-state index contributed by atoms with van der Waals surface area (Å²) in [6, 6.07) is 3.86. The number of thioether (sulfide) groups is 1. The second-order valence-electron chi connectivity index (χ2n) is 6.28. The number of likely N-dealkylation sites (tertiary alicyclic amines) is 1. The zero-order valence-corrected chi connectivity index (χ0v) is 16.2. The van der Waals surface area contributed by atoms with Crippen molar-refractivity contribution in [2.75, 3.05) is 37.7 Å². The normalized spacial score (nSPS) is 24.8. The van der Waals surface area contributed by atoms with Gasteiger partial charge < -0.3 is 4.90 Å². The molecule has 0 bridgehead atoms. The molecule has 1 aromatic rings. The van der Waals surface area contributed by atoms with Gasteiger partial charge in [0.25, 0.3) is 10.0 Å². The highest BCUT2D eigenvalue weighted by atomic mass is 32.2. The van der Waals surface area contributed by atoms with Crippen LogP contribution in [-0.4, -0.2) is 61.3 Å². The van der Waals surface area contributed by atoms with Crippen LogP contribution >= 0.6 is 23.1 Å². The van der Waals surface area contributed by atoms with E-state index in [4.69, 9.17) is 0 Å². The van der Waals surface area contributed by atoms with E-state index in [-0.39, 0.29) is 6.04 Å². The minimum absolute atomic E-state index is 0.109. The minimum atomic E-state index is -3.35. The molecular weight excluding hydrogens is 348 g/mol. The first-order valence-electron chi connectivity index (χ1n) is 8.52. The average Bonchev–Trinajstić information content (AvgIpc) is 3.16. The van der Waals surface area contributed by atoms with Crippen molar-refractivity contribution in [3.63, 3.8) is 0 Å². The lowest BCUT2D eigenvalue weighted by Crippen LogP contribution is -2.47. The molecule has 1 aromatic heterocycles. The van der Waals surface area contributed by atoms with Gasteiger partial charge in [0.15, 0.2) is 0 Å². The van der Waals surface area contributed by atoms with Gasteiger partial charge in [-0.05, 0) is 56.7 Å². The molecular formula is C16H26N2O2S3. The zero-order chi connectivity index (χ0) is 16.3. The van der Waals surface area contributed by atoms with Crippen molar-refractivity contribution in [1.82, 2.24) is 9.21 Å². The Hall–Kier alpha value is -0.0800. The van der Waals surface area contributed by atoms with Gasteiger partial charge in [0.05, 0.1) is 0 Å². The molecule has 0 amide bonds. The van der Waals surface area contributed by atoms with Gasteiger partial charge in [0, 0.05) is 29.8 Å². The van der Waals surface area contributed by atoms with E-state index in [1.165, 1.54) is 24.2 Å². The van der Waals surface area contributed by atoms with Gasteiger partial charge in [-0.2, -0.15) is 16.1 Å². The molecule has 7 heteroatoms. The summed E-state index contributed by atoms with van der Waals surface area (Å²) < 4.78 is 28.6. The van der Waals surface area contributed by atoms with Gasteiger partial charge in [0.1, 0.15) is 4.21 Å². The molecule has 2 aliphatic rings. The van der Waals surface area contributed by atoms with Gasteiger partial charge in [-0.3, -0.25) is 0 Å². The topological polar surface area (TPSA) is 40.6 Å². The Balaban J connectivity index is 1.82. The Labute approximate surface area is 148 Å². The van der Waals surface area contributed by atoms with Crippen molar-refractivity contribution in [3.05, 3.63) is 17.0 Å². The molecule has 0 aliphatic carbocycles. The number of aryl methyl sites for hydroxylation is 1. The Bertz CT molecular complexity index is 609. The summed E-state index contributed by atoms with van der Waals surface area (Å²) in [6.45, 7) is 5.86. The molecule has 0 saturated carbocycles. The molecule has 1 unspecified atom stereocenters. The second-order valence-corrected chi connectivity index (χ2v) is 10.7. The monoisotopic (exact) mass is 374 g/mol. The maximum absolute atomic E-state index is 13.2. The van der Waals surface area contributed by atoms with Crippen LogP contribution in [0.25, 0.3) is 0 Å². The first-order valence-corrected chi connectivity index (χ1v) is 11.9. The van der Waals surface area contributed by atoms with E-state index in [9.17, 15) is 8.42 Å². The third kappa shape index (κ3) is 4.12. The van der Waals surface area contributed by atoms with Gasteiger partial charge >= 0.3 is 0 Å². The van der Waals surface area contributed by atoms with Crippen LogP contribution < -0.4 is 0 Å². The summed E-state index contributed by atoms with van der Waals surface area (Å²) in [4.78, 5) is 3.58. The highest BCUT2D eigenvalue weighted by molar-refractivity contribution is 7.99. The van der Waals surface area contributed by atoms with Crippen molar-refractivity contribution in [2.45, 2.75) is 42.9 Å². The number of rotatable bonds is 5. The fourth-order valence-corrected chi connectivity index (χ4v) is 7.56. The fourth-order valence-electron chi connectivity index (χ4n) is 3.33. The van der Waals surface area contributed by atoms with Crippen molar-refractivity contribution in [3.8, 4) is 0 Å². The Morgan fingerprint density at radius 3 is 2.65 bits per heavy atom. The molecule has 2 aliphatic heterocycles. The van der Waals surface area contributed by atoms with Gasteiger partial charge in [-0.1, -0.05) is 6.92 Å². The van der Waals surface area contributed by atoms with E-state index in [0.717, 1.165) is 48.9 Å². The molecule has 1 atom stereocenters. The summed E-state index contributed by atoms with van der Waals surface area (Å²) in [5.41, 5.74) is 0. The minimum Gasteiger partial charge on any atom is -0.302 e. The molecule has 0 aromatic carbocycles. The van der Waals surface area contributed by atoms with E-state index < -0.39 is 10.0 Å². The lowest BCUT2D eigenvalue weighted by Gasteiger charge is -2.31. The molecule has 2 saturated heterocycles. The molecule has 3 rings (SSSR count). The zero-order valence-electron chi connectivity index (χ0n) is 13.7. The lowest BCUT2D eigenvalue weighted by molar-refractivity contribution is 0.243. The predicted molar refractivity (Wildman–Crippen MR) is 99.0 cm³/mol. The molecule has 23 heavy (non-hydrogen) atoms. The van der Waals surface area contributed by atoms with Crippen LogP contribution in [0.3, 0.4) is 0 Å². The standard InChI is InChI=1S/C16H26N2O2S3/c1-2-15-6-7-16(22-15)23(19,20)18-10-5-11-21-13-14(18)12-17-8-3-4-9-17/h6-7,14H,2-5,8-13H2,1H3. The maximum atomic E-state index is 13.2. The van der Waals surface area contributed by atoms with Crippen LogP contribution in [0.15, 0.2) is 16.3 Å². The summed E-state index contributed by atoms with van der Waals surface area (Å²) in [6.07, 6.45) is 4.34. The van der Waals surface area contributed by atoms with Crippen molar-refractivity contribution in [2.24, 2.45) is 0 Å². The number of hydrogen-bond donors (Lipinski definition) is 0. The second kappa shape index (κ2) is 7.87. The summed E-state index contributed by atoms with van der Waals surface area (Å²) in [5.74, 6) is 1.98. The third-order valence-electron chi connectivity index (χ3n) is 4.60. The van der Waals surface area contributed by atoms with Crippen LogP contribution in [0.1, 0.15) is 31.1 Å². The van der Waals surface area contributed by atoms with Crippen LogP contribution in [0.2, 0.25) is 0 Å². The highest BCUT2D eigenvalue weighted by Gasteiger charge is 2.34. The smallest absolute Gasteiger partial charge is 0.252 e. The van der Waals surface area contributed by atoms with Gasteiger partial charge in [-0.15, -0.1) is 11.3 Å². The van der Waals surface area contributed by atoms with E-state index in [0.29, 0.717) is 10.8 Å². The van der Waals surface area contributed by atoms with Gasteiger partial charge in [-0.25, -0.2) is 8.42 Å². The van der Waals surface area contributed by atoms with Crippen LogP contribution in [-0.2, 0) is 16.4 Å². The Morgan fingerprint density at radius 1 is 1.17 bits per heavy atom. The molecule has 130 valence electrons. The summed E-state index contributed by atoms with van der Waals surface area (Å²) >= 11 is 3.34. The first kappa shape index (κ1) is 17.7. The molecule has 3 heterocycles. The summed E-state index contributed by atoms with van der Waals surface area (Å²) in [5, 5.41) is 0. The first-order chi connectivity index (χ1) is 11.1. The molecule has 0 radical (unpaired) electrons. The Morgan fingerprint density at radius 2 is 1.96 bits per heavy atom. The number of nitrogens with zero attached hydrogens (tertiary/aromatic N) is 2. The van der Waals surface area contributed by atoms with Crippen LogP contribution in [0.5, 0.6) is 0 Å². The maximum Gasteiger partial charge on any atom is 0.252 e. The molecule has 0 spiro atoms. The lowest BCUT2D eigenvalue weighted by atomic mass is 10.3. The summed E-state index contributed by atoms with van der Waals surface area (Å²) in [7, 11) is -3.35. The largest absolute Gasteiger partial charge is 0.302 e. The van der Waals surface area contributed by atoms with Crippen molar-refractivity contribution >= 4 is 33.1 Å². The van der Waals surface area contributed by atoms with Crippen molar-refractivity contribution in [1.29, 1.82) is 0 Å². The van der Waals surface area contributed by atoms with E-state index >= 15 is 0 Å². The van der Waals surface area contributed by atoms with Crippen LogP contribution in [0.4, 0.5) is 0 Å². The Kier molecular flexibility index (Phi) is 6.07. The van der Waals surface area contributed by atoms with Gasteiger partial charge in [0.2, 0.25) is 0 Å². The molecule has 0 N–H and O–H groups in total. The predicted octanol–water partition coefficient (Wildman–Crippen LogP) is 2.90. The number of hydrogen-bond acceptors (Lipinski definition) is 5. The van der Waals surface area contributed by atoms with Crippen molar-refractivity contribution < 1.29 is 8.42 Å². The van der Waals surface area contributed by atoms with E-state index in [1.807, 2.05) is 17.8 Å². The quantitative estimate of drug-likeness (QED) is 0.795. The fraction of sp³-hybridized carbons (Fsp3) is 0.750. The van der Waals surface area contributed by atoms with E-state index in [1.54, 1.807) is 10.4 Å².